The molecule has 1 aliphatic carbocycles. The van der Waals surface area contributed by atoms with E-state index in [4.69, 9.17) is 0 Å². The van der Waals surface area contributed by atoms with Crippen molar-refractivity contribution in [2.75, 3.05) is 0 Å². The lowest BCUT2D eigenvalue weighted by atomic mass is 10.0. The van der Waals surface area contributed by atoms with Crippen LogP contribution in [0.3, 0.4) is 0 Å². The summed E-state index contributed by atoms with van der Waals surface area (Å²) in [5, 5.41) is 14.5. The smallest absolute Gasteiger partial charge is 0.0991 e. The van der Waals surface area contributed by atoms with Crippen molar-refractivity contribution < 1.29 is 0 Å². The van der Waals surface area contributed by atoms with Crippen LogP contribution in [-0.4, -0.2) is 9.13 Å². The molecule has 0 saturated carbocycles. The first-order valence-electron chi connectivity index (χ1n) is 16.0. The molecule has 0 radical (unpaired) electrons. The van der Waals surface area contributed by atoms with Crippen molar-refractivity contribution in [2.24, 2.45) is 0 Å². The van der Waals surface area contributed by atoms with Gasteiger partial charge in [-0.25, -0.2) is 0 Å². The van der Waals surface area contributed by atoms with Crippen LogP contribution < -0.4 is 0 Å². The molecule has 0 saturated heterocycles. The minimum atomic E-state index is 0.673. The van der Waals surface area contributed by atoms with E-state index in [-0.39, 0.29) is 0 Å². The summed E-state index contributed by atoms with van der Waals surface area (Å²) in [5.41, 5.74) is 15.4. The molecule has 1 aliphatic rings. The molecule has 7 aromatic carbocycles. The van der Waals surface area contributed by atoms with Crippen molar-refractivity contribution in [1.29, 1.82) is 5.26 Å². The van der Waals surface area contributed by atoms with Crippen LogP contribution in [0.15, 0.2) is 152 Å². The van der Waals surface area contributed by atoms with Gasteiger partial charge in [-0.1, -0.05) is 91.0 Å². The number of hydrogen-bond donors (Lipinski definition) is 0. The Bertz CT molecular complexity index is 2770. The molecule has 2 heterocycles. The Kier molecular flexibility index (Phi) is 5.41. The lowest BCUT2D eigenvalue weighted by molar-refractivity contribution is 1.12. The fraction of sp³-hybridized carbons (Fsp3) is 0.0227. The zero-order chi connectivity index (χ0) is 31.1. The number of hydrogen-bond acceptors (Lipinski definition) is 1. The maximum atomic E-state index is 9.79. The van der Waals surface area contributed by atoms with Gasteiger partial charge >= 0.3 is 0 Å². The molecule has 0 fully saturated rings. The number of nitrogens with zero attached hydrogens (tertiary/aromatic N) is 3. The summed E-state index contributed by atoms with van der Waals surface area (Å²) in [6, 6.07) is 56.8. The first-order chi connectivity index (χ1) is 23.3. The topological polar surface area (TPSA) is 33.6 Å². The Morgan fingerprint density at radius 3 is 2.06 bits per heavy atom. The van der Waals surface area contributed by atoms with Crippen LogP contribution in [0.1, 0.15) is 16.7 Å². The van der Waals surface area contributed by atoms with Crippen LogP contribution >= 0.6 is 0 Å². The van der Waals surface area contributed by atoms with E-state index in [0.29, 0.717) is 5.56 Å². The molecule has 3 nitrogen and oxygen atoms in total. The van der Waals surface area contributed by atoms with E-state index in [9.17, 15) is 5.26 Å². The van der Waals surface area contributed by atoms with E-state index in [1.807, 2.05) is 12.1 Å². The zero-order valence-electron chi connectivity index (χ0n) is 25.5. The van der Waals surface area contributed by atoms with Gasteiger partial charge in [-0.05, 0) is 94.0 Å². The summed E-state index contributed by atoms with van der Waals surface area (Å²) < 4.78 is 4.77. The van der Waals surface area contributed by atoms with Crippen molar-refractivity contribution >= 4 is 43.6 Å². The Balaban J connectivity index is 1.22. The third-order valence-corrected chi connectivity index (χ3v) is 9.98. The van der Waals surface area contributed by atoms with Crippen molar-refractivity contribution in [3.05, 3.63) is 168 Å². The Morgan fingerprint density at radius 2 is 1.15 bits per heavy atom. The van der Waals surface area contributed by atoms with Crippen LogP contribution in [0.25, 0.3) is 77.2 Å². The number of nitriles is 1. The SMILES string of the molecule is N#Cc1ccc2c(c1)c1ccc(-c3ccc4c(c3)c3ccccc3n4-c3ccccc3)cc1n2-c1cccc2c1Cc1ccccc1-2. The molecule has 0 aliphatic heterocycles. The van der Waals surface area contributed by atoms with Gasteiger partial charge in [0.2, 0.25) is 0 Å². The normalized spacial score (nSPS) is 12.1. The predicted molar refractivity (Wildman–Crippen MR) is 194 cm³/mol. The lowest BCUT2D eigenvalue weighted by Gasteiger charge is -2.14. The van der Waals surface area contributed by atoms with Gasteiger partial charge in [-0.3, -0.25) is 0 Å². The number of para-hydroxylation sites is 2. The average molecular weight is 598 g/mol. The summed E-state index contributed by atoms with van der Waals surface area (Å²) >= 11 is 0. The van der Waals surface area contributed by atoms with Crippen molar-refractivity contribution in [3.63, 3.8) is 0 Å². The van der Waals surface area contributed by atoms with Gasteiger partial charge in [0.15, 0.2) is 0 Å². The monoisotopic (exact) mass is 597 g/mol. The molecule has 47 heavy (non-hydrogen) atoms. The highest BCUT2D eigenvalue weighted by molar-refractivity contribution is 6.12. The van der Waals surface area contributed by atoms with Gasteiger partial charge in [0.1, 0.15) is 0 Å². The number of fused-ring (bicyclic) bond motifs is 9. The molecule has 218 valence electrons. The number of rotatable bonds is 3. The molecule has 0 amide bonds. The van der Waals surface area contributed by atoms with Gasteiger partial charge < -0.3 is 9.13 Å². The second-order valence-corrected chi connectivity index (χ2v) is 12.5. The zero-order valence-corrected chi connectivity index (χ0v) is 25.5. The molecule has 2 aromatic heterocycles. The van der Waals surface area contributed by atoms with Gasteiger partial charge in [0.25, 0.3) is 0 Å². The fourth-order valence-electron chi connectivity index (χ4n) is 7.89. The second kappa shape index (κ2) is 9.81. The quantitative estimate of drug-likeness (QED) is 0.199. The average Bonchev–Trinajstić information content (AvgIpc) is 3.79. The minimum absolute atomic E-state index is 0.673. The molecule has 0 unspecified atom stereocenters. The summed E-state index contributed by atoms with van der Waals surface area (Å²) in [6.45, 7) is 0. The van der Waals surface area contributed by atoms with E-state index < -0.39 is 0 Å². The Morgan fingerprint density at radius 1 is 0.468 bits per heavy atom. The summed E-state index contributed by atoms with van der Waals surface area (Å²) in [4.78, 5) is 0. The maximum Gasteiger partial charge on any atom is 0.0991 e. The third kappa shape index (κ3) is 3.73. The van der Waals surface area contributed by atoms with E-state index in [0.717, 1.165) is 39.5 Å². The number of benzene rings is 7. The summed E-state index contributed by atoms with van der Waals surface area (Å²) in [7, 11) is 0. The van der Waals surface area contributed by atoms with Crippen LogP contribution in [0.4, 0.5) is 0 Å². The molecule has 3 heteroatoms. The van der Waals surface area contributed by atoms with Gasteiger partial charge in [0.05, 0.1) is 39.4 Å². The first-order valence-corrected chi connectivity index (χ1v) is 16.0. The highest BCUT2D eigenvalue weighted by Gasteiger charge is 2.24. The third-order valence-electron chi connectivity index (χ3n) is 9.98. The molecule has 10 rings (SSSR count). The van der Waals surface area contributed by atoms with E-state index in [1.165, 1.54) is 55.3 Å². The molecule has 0 spiro atoms. The van der Waals surface area contributed by atoms with Gasteiger partial charge in [0, 0.05) is 33.7 Å². The van der Waals surface area contributed by atoms with Gasteiger partial charge in [-0.15, -0.1) is 0 Å². The highest BCUT2D eigenvalue weighted by Crippen LogP contribution is 2.43. The van der Waals surface area contributed by atoms with Crippen LogP contribution in [0, 0.1) is 11.3 Å². The highest BCUT2D eigenvalue weighted by atomic mass is 15.0. The number of aromatic nitrogens is 2. The summed E-state index contributed by atoms with van der Waals surface area (Å²) in [6.07, 6.45) is 0.904. The predicted octanol–water partition coefficient (Wildman–Crippen LogP) is 11.0. The van der Waals surface area contributed by atoms with Gasteiger partial charge in [-0.2, -0.15) is 5.26 Å². The minimum Gasteiger partial charge on any atom is -0.309 e. The molecule has 0 atom stereocenters. The fourth-order valence-corrected chi connectivity index (χ4v) is 7.89. The van der Waals surface area contributed by atoms with Crippen molar-refractivity contribution in [2.45, 2.75) is 6.42 Å². The van der Waals surface area contributed by atoms with Crippen LogP contribution in [0.5, 0.6) is 0 Å². The van der Waals surface area contributed by atoms with Crippen LogP contribution in [-0.2, 0) is 6.42 Å². The second-order valence-electron chi connectivity index (χ2n) is 12.5. The van der Waals surface area contributed by atoms with Crippen LogP contribution in [0.2, 0.25) is 0 Å². The Hall–Kier alpha value is -6.37. The molecule has 0 N–H and O–H groups in total. The first kappa shape index (κ1) is 25.9. The largest absolute Gasteiger partial charge is 0.309 e. The van der Waals surface area contributed by atoms with Crippen molar-refractivity contribution in [1.82, 2.24) is 9.13 Å². The molecule has 9 aromatic rings. The maximum absolute atomic E-state index is 9.79. The van der Waals surface area contributed by atoms with E-state index >= 15 is 0 Å². The van der Waals surface area contributed by atoms with E-state index in [2.05, 4.69) is 155 Å². The van der Waals surface area contributed by atoms with E-state index in [1.54, 1.807) is 0 Å². The Labute approximate surface area is 271 Å². The molecular weight excluding hydrogens is 571 g/mol. The van der Waals surface area contributed by atoms with Crippen molar-refractivity contribution in [3.8, 4) is 39.7 Å². The summed E-state index contributed by atoms with van der Waals surface area (Å²) in [5.74, 6) is 0. The molecule has 0 bridgehead atoms. The molecular formula is C44H27N3. The lowest BCUT2D eigenvalue weighted by Crippen LogP contribution is -1.99. The standard InChI is InChI=1S/C44H27N3/c45-27-28-17-21-43-37(23-28)36-20-18-30(26-44(36)47(43)41-16-8-14-34-33-12-5-4-9-31(33)25-38(34)41)29-19-22-42-39(24-29)35-13-6-7-15-40(35)46(42)32-10-2-1-3-11-32/h1-24,26H,25H2.